The average Bonchev–Trinajstić information content (AvgIpc) is 2.90. The van der Waals surface area contributed by atoms with Crippen molar-refractivity contribution in [1.82, 2.24) is 15.4 Å². The molecule has 1 aromatic carbocycles. The van der Waals surface area contributed by atoms with Crippen LogP contribution in [0.4, 0.5) is 15.9 Å². The smallest absolute Gasteiger partial charge is 0.287 e. The normalized spacial score (nSPS) is 10.7. The van der Waals surface area contributed by atoms with E-state index in [4.69, 9.17) is 4.52 Å². The van der Waals surface area contributed by atoms with E-state index in [1.807, 2.05) is 0 Å². The number of nitrogens with one attached hydrogen (secondary N) is 2. The zero-order valence-electron chi connectivity index (χ0n) is 12.0. The van der Waals surface area contributed by atoms with E-state index < -0.39 is 0 Å². The molecule has 6 nitrogen and oxygen atoms in total. The summed E-state index contributed by atoms with van der Waals surface area (Å²) in [4.78, 5) is 11.8. The Kier molecular flexibility index (Phi) is 3.46. The van der Waals surface area contributed by atoms with Crippen molar-refractivity contribution in [1.29, 1.82) is 0 Å². The van der Waals surface area contributed by atoms with Crippen molar-refractivity contribution in [3.63, 3.8) is 0 Å². The molecule has 0 saturated heterocycles. The Labute approximate surface area is 125 Å². The van der Waals surface area contributed by atoms with Gasteiger partial charge in [0, 0.05) is 11.6 Å². The molecule has 0 unspecified atom stereocenters. The van der Waals surface area contributed by atoms with Crippen LogP contribution in [-0.2, 0) is 0 Å². The van der Waals surface area contributed by atoms with Crippen molar-refractivity contribution in [2.45, 2.75) is 13.8 Å². The number of halogens is 1. The molecule has 0 atom stereocenters. The Bertz CT molecular complexity index is 885. The van der Waals surface area contributed by atoms with Crippen LogP contribution in [0.2, 0.25) is 0 Å². The summed E-state index contributed by atoms with van der Waals surface area (Å²) in [5, 5.41) is 13.0. The predicted molar refractivity (Wildman–Crippen MR) is 79.5 cm³/mol. The van der Waals surface area contributed by atoms with Gasteiger partial charge < -0.3 is 9.84 Å². The third-order valence-corrected chi connectivity index (χ3v) is 3.15. The number of aromatic nitrogens is 3. The van der Waals surface area contributed by atoms with E-state index in [0.29, 0.717) is 28.4 Å². The zero-order chi connectivity index (χ0) is 15.7. The Morgan fingerprint density at radius 1 is 1.23 bits per heavy atom. The van der Waals surface area contributed by atoms with Crippen LogP contribution in [0, 0.1) is 19.7 Å². The highest BCUT2D eigenvalue weighted by Crippen LogP contribution is 2.21. The Morgan fingerprint density at radius 3 is 2.73 bits per heavy atom. The summed E-state index contributed by atoms with van der Waals surface area (Å²) in [6.45, 7) is 3.42. The number of hydrogen-bond donors (Lipinski definition) is 2. The van der Waals surface area contributed by atoms with Crippen LogP contribution >= 0.6 is 0 Å². The Balaban J connectivity index is 1.98. The van der Waals surface area contributed by atoms with Gasteiger partial charge in [-0.15, -0.1) is 0 Å². The van der Waals surface area contributed by atoms with Crippen molar-refractivity contribution in [2.24, 2.45) is 0 Å². The number of hydrogen-bond acceptors (Lipinski definition) is 5. The maximum atomic E-state index is 13.3. The first kappa shape index (κ1) is 14.0. The maximum Gasteiger partial charge on any atom is 0.287 e. The van der Waals surface area contributed by atoms with Gasteiger partial charge in [-0.2, -0.15) is 5.10 Å². The van der Waals surface area contributed by atoms with E-state index in [0.717, 1.165) is 0 Å². The largest absolute Gasteiger partial charge is 0.360 e. The highest BCUT2D eigenvalue weighted by atomic mass is 19.1. The van der Waals surface area contributed by atoms with Crippen molar-refractivity contribution >= 4 is 11.5 Å². The van der Waals surface area contributed by atoms with Crippen LogP contribution in [0.15, 0.2) is 39.6 Å². The molecule has 0 aliphatic heterocycles. The van der Waals surface area contributed by atoms with Gasteiger partial charge in [0.05, 0.1) is 5.69 Å². The molecule has 0 aliphatic rings. The van der Waals surface area contributed by atoms with E-state index >= 15 is 0 Å². The van der Waals surface area contributed by atoms with Crippen molar-refractivity contribution in [2.75, 3.05) is 5.32 Å². The summed E-state index contributed by atoms with van der Waals surface area (Å²) in [6.07, 6.45) is 0. The van der Waals surface area contributed by atoms with Crippen molar-refractivity contribution < 1.29 is 8.91 Å². The molecular formula is C15H13FN4O2. The van der Waals surface area contributed by atoms with Gasteiger partial charge in [-0.25, -0.2) is 9.49 Å². The monoisotopic (exact) mass is 300 g/mol. The number of aryl methyl sites for hydroxylation is 2. The van der Waals surface area contributed by atoms with Crippen LogP contribution in [0.3, 0.4) is 0 Å². The van der Waals surface area contributed by atoms with Gasteiger partial charge in [0.25, 0.3) is 5.56 Å². The molecule has 0 fully saturated rings. The summed E-state index contributed by atoms with van der Waals surface area (Å²) in [5.74, 6) is 0.766. The lowest BCUT2D eigenvalue weighted by Gasteiger charge is -2.05. The molecule has 0 radical (unpaired) electrons. The first-order valence-electron chi connectivity index (χ1n) is 6.59. The molecule has 2 N–H and O–H groups in total. The lowest BCUT2D eigenvalue weighted by molar-refractivity contribution is 0.400. The summed E-state index contributed by atoms with van der Waals surface area (Å²) in [5.41, 5.74) is 1.62. The number of aromatic amines is 1. The molecule has 0 amide bonds. The second-order valence-corrected chi connectivity index (χ2v) is 4.91. The van der Waals surface area contributed by atoms with Crippen LogP contribution < -0.4 is 10.9 Å². The van der Waals surface area contributed by atoms with Gasteiger partial charge in [-0.05, 0) is 43.7 Å². The topological polar surface area (TPSA) is 83.8 Å². The summed E-state index contributed by atoms with van der Waals surface area (Å²) in [7, 11) is 0. The fourth-order valence-electron chi connectivity index (χ4n) is 2.01. The van der Waals surface area contributed by atoms with E-state index in [2.05, 4.69) is 20.7 Å². The second kappa shape index (κ2) is 5.44. The van der Waals surface area contributed by atoms with Crippen LogP contribution in [0.1, 0.15) is 11.3 Å². The molecule has 2 heterocycles. The molecule has 0 spiro atoms. The highest BCUT2D eigenvalue weighted by Gasteiger charge is 2.09. The third kappa shape index (κ3) is 2.73. The predicted octanol–water partition coefficient (Wildman–Crippen LogP) is 2.92. The fraction of sp³-hybridized carbons (Fsp3) is 0.133. The summed E-state index contributed by atoms with van der Waals surface area (Å²) in [6, 6.07) is 7.88. The number of rotatable bonds is 3. The second-order valence-electron chi connectivity index (χ2n) is 4.91. The minimum Gasteiger partial charge on any atom is -0.360 e. The minimum absolute atomic E-state index is 0.278. The van der Waals surface area contributed by atoms with Gasteiger partial charge in [-0.1, -0.05) is 5.16 Å². The molecular weight excluding hydrogens is 287 g/mol. The van der Waals surface area contributed by atoms with E-state index in [1.54, 1.807) is 38.1 Å². The molecule has 22 heavy (non-hydrogen) atoms. The molecule has 112 valence electrons. The van der Waals surface area contributed by atoms with Crippen molar-refractivity contribution in [3.8, 4) is 11.3 Å². The molecule has 3 aromatic rings. The Hall–Kier alpha value is -2.96. The minimum atomic E-state index is -0.386. The van der Waals surface area contributed by atoms with Gasteiger partial charge in [0.1, 0.15) is 17.3 Å². The first-order valence-corrected chi connectivity index (χ1v) is 6.59. The van der Waals surface area contributed by atoms with Crippen LogP contribution in [0.25, 0.3) is 11.3 Å². The molecule has 2 aromatic heterocycles. The lowest BCUT2D eigenvalue weighted by Crippen LogP contribution is -2.13. The summed E-state index contributed by atoms with van der Waals surface area (Å²) >= 11 is 0. The average molecular weight is 300 g/mol. The van der Waals surface area contributed by atoms with Gasteiger partial charge in [-0.3, -0.25) is 4.79 Å². The van der Waals surface area contributed by atoms with Gasteiger partial charge in [0.2, 0.25) is 0 Å². The van der Waals surface area contributed by atoms with E-state index in [-0.39, 0.29) is 17.1 Å². The van der Waals surface area contributed by atoms with Gasteiger partial charge in [0.15, 0.2) is 5.82 Å². The molecule has 7 heteroatoms. The molecule has 3 rings (SSSR count). The number of anilines is 2. The standard InChI is InChI=1S/C15H13FN4O2/c1-8-5-10(3-4-11(8)16)12-7-13(15(21)19-18-12)17-14-6-9(2)22-20-14/h3-7H,1-2H3,(H,19,21)(H,17,18,20). The first-order chi connectivity index (χ1) is 10.5. The van der Waals surface area contributed by atoms with E-state index in [1.165, 1.54) is 6.07 Å². The molecule has 0 saturated carbocycles. The van der Waals surface area contributed by atoms with Crippen molar-refractivity contribution in [3.05, 3.63) is 57.8 Å². The molecule has 0 bridgehead atoms. The zero-order valence-corrected chi connectivity index (χ0v) is 12.0. The van der Waals surface area contributed by atoms with E-state index in [9.17, 15) is 9.18 Å². The molecule has 0 aliphatic carbocycles. The number of H-pyrrole nitrogens is 1. The fourth-order valence-corrected chi connectivity index (χ4v) is 2.01. The number of nitrogens with zero attached hydrogens (tertiary/aromatic N) is 2. The maximum absolute atomic E-state index is 13.3. The van der Waals surface area contributed by atoms with Crippen LogP contribution in [0.5, 0.6) is 0 Å². The number of benzene rings is 1. The lowest BCUT2D eigenvalue weighted by atomic mass is 10.1. The highest BCUT2D eigenvalue weighted by molar-refractivity contribution is 5.66. The Morgan fingerprint density at radius 2 is 2.05 bits per heavy atom. The quantitative estimate of drug-likeness (QED) is 0.777. The third-order valence-electron chi connectivity index (χ3n) is 3.15. The summed E-state index contributed by atoms with van der Waals surface area (Å²) < 4.78 is 18.3. The van der Waals surface area contributed by atoms with Crippen LogP contribution in [-0.4, -0.2) is 15.4 Å². The van der Waals surface area contributed by atoms with Gasteiger partial charge >= 0.3 is 0 Å². The SMILES string of the molecule is Cc1cc(Nc2cc(-c3ccc(F)c(C)c3)n[nH]c2=O)no1.